The number of rotatable bonds is 1. The lowest BCUT2D eigenvalue weighted by Crippen LogP contribution is -2.03. The molecule has 91 valence electrons. The Labute approximate surface area is 114 Å². The molecule has 3 aromatic rings. The zero-order valence-electron chi connectivity index (χ0n) is 9.89. The van der Waals surface area contributed by atoms with Crippen molar-refractivity contribution in [2.45, 2.75) is 0 Å². The molecule has 0 saturated heterocycles. The van der Waals surface area contributed by atoms with E-state index in [-0.39, 0.29) is 0 Å². The first kappa shape index (κ1) is 10.6. The molecule has 0 fully saturated rings. The van der Waals surface area contributed by atoms with Crippen molar-refractivity contribution in [3.63, 3.8) is 0 Å². The van der Waals surface area contributed by atoms with Crippen LogP contribution in [0.2, 0.25) is 0 Å². The van der Waals surface area contributed by atoms with Gasteiger partial charge in [-0.05, 0) is 11.4 Å². The van der Waals surface area contributed by atoms with Gasteiger partial charge in [-0.3, -0.25) is 9.56 Å². The Morgan fingerprint density at radius 1 is 1.05 bits per heavy atom. The second-order valence-corrected chi connectivity index (χ2v) is 5.07. The molecule has 19 heavy (non-hydrogen) atoms. The zero-order chi connectivity index (χ0) is 12.7. The number of thiophene rings is 1. The van der Waals surface area contributed by atoms with Gasteiger partial charge in [0.2, 0.25) is 0 Å². The Balaban J connectivity index is 1.95. The summed E-state index contributed by atoms with van der Waals surface area (Å²) in [5, 5.41) is 11.2. The van der Waals surface area contributed by atoms with Gasteiger partial charge < -0.3 is 0 Å². The molecule has 1 aliphatic rings. The lowest BCUT2D eigenvalue weighted by atomic mass is 10.0. The summed E-state index contributed by atoms with van der Waals surface area (Å²) in [6.07, 6.45) is 1.73. The Morgan fingerprint density at radius 2 is 1.95 bits per heavy atom. The van der Waals surface area contributed by atoms with Gasteiger partial charge >= 0.3 is 0 Å². The summed E-state index contributed by atoms with van der Waals surface area (Å²) in [6.45, 7) is 1.77. The fourth-order valence-electron chi connectivity index (χ4n) is 2.17. The van der Waals surface area contributed by atoms with Crippen molar-refractivity contribution in [2.24, 2.45) is 4.99 Å². The van der Waals surface area contributed by atoms with Gasteiger partial charge in [0, 0.05) is 11.1 Å². The van der Waals surface area contributed by atoms with Crippen LogP contribution in [0.3, 0.4) is 0 Å². The highest BCUT2D eigenvalue weighted by Crippen LogP contribution is 2.28. The molecule has 0 amide bonds. The quantitative estimate of drug-likeness (QED) is 0.679. The van der Waals surface area contributed by atoms with E-state index in [9.17, 15) is 0 Å². The Bertz CT molecular complexity index is 755. The summed E-state index contributed by atoms with van der Waals surface area (Å²) >= 11 is 1.67. The molecule has 1 aromatic carbocycles. The van der Waals surface area contributed by atoms with Crippen molar-refractivity contribution >= 4 is 17.0 Å². The molecule has 3 heterocycles. The minimum absolute atomic E-state index is 0.759. The fourth-order valence-corrected chi connectivity index (χ4v) is 3.05. The Morgan fingerprint density at radius 3 is 2.84 bits per heavy atom. The maximum atomic E-state index is 4.60. The summed E-state index contributed by atoms with van der Waals surface area (Å²) in [5.41, 5.74) is 3.20. The topological polar surface area (TPSA) is 43.1 Å². The molecule has 0 unspecified atom stereocenters. The number of benzene rings is 1. The molecule has 0 saturated carbocycles. The van der Waals surface area contributed by atoms with E-state index in [1.807, 2.05) is 22.8 Å². The number of hydrogen-bond donors (Lipinski definition) is 0. The minimum atomic E-state index is 0.759. The smallest absolute Gasteiger partial charge is 0.165 e. The van der Waals surface area contributed by atoms with Crippen LogP contribution in [0.5, 0.6) is 0 Å². The highest BCUT2D eigenvalue weighted by molar-refractivity contribution is 7.13. The summed E-state index contributed by atoms with van der Waals surface area (Å²) in [4.78, 5) is 4.60. The summed E-state index contributed by atoms with van der Waals surface area (Å²) < 4.78 is 1.97. The molecule has 0 N–H and O–H groups in total. The van der Waals surface area contributed by atoms with E-state index < -0.39 is 0 Å². The average molecular weight is 265 g/mol. The molecule has 0 bridgehead atoms. The predicted octanol–water partition coefficient (Wildman–Crippen LogP) is 2.69. The molecule has 4 rings (SSSR count). The van der Waals surface area contributed by atoms with E-state index in [1.54, 1.807) is 24.2 Å². The standard InChI is InChI=1S/C14H9N4S/c1-2-4-10(5-3-1)13-11-6-7-19-14(11)18-9-16-17-12(18)8-15-13/h1-9H. The van der Waals surface area contributed by atoms with Crippen molar-refractivity contribution in [3.05, 3.63) is 71.6 Å². The summed E-state index contributed by atoms with van der Waals surface area (Å²) in [7, 11) is 0. The Kier molecular flexibility index (Phi) is 2.31. The van der Waals surface area contributed by atoms with Crippen LogP contribution < -0.4 is 0 Å². The molecule has 0 atom stereocenters. The van der Waals surface area contributed by atoms with Crippen LogP contribution in [0.4, 0.5) is 0 Å². The highest BCUT2D eigenvalue weighted by atomic mass is 32.1. The molecule has 4 nitrogen and oxygen atoms in total. The lowest BCUT2D eigenvalue weighted by molar-refractivity contribution is 0.992. The molecule has 0 aliphatic carbocycles. The third kappa shape index (κ3) is 1.62. The molecule has 1 aliphatic heterocycles. The molecular formula is C14H9N4S. The van der Waals surface area contributed by atoms with Crippen LogP contribution in [-0.2, 0) is 0 Å². The molecule has 2 aromatic heterocycles. The van der Waals surface area contributed by atoms with Gasteiger partial charge in [-0.1, -0.05) is 30.3 Å². The largest absolute Gasteiger partial charge is 0.274 e. The van der Waals surface area contributed by atoms with Gasteiger partial charge in [0.1, 0.15) is 17.9 Å². The van der Waals surface area contributed by atoms with Gasteiger partial charge in [-0.25, -0.2) is 0 Å². The normalized spacial score (nSPS) is 13.4. The van der Waals surface area contributed by atoms with Crippen molar-refractivity contribution in [1.82, 2.24) is 14.8 Å². The van der Waals surface area contributed by atoms with Crippen LogP contribution in [0, 0.1) is 6.54 Å². The first-order valence-electron chi connectivity index (χ1n) is 5.88. The van der Waals surface area contributed by atoms with E-state index in [2.05, 4.69) is 38.8 Å². The highest BCUT2D eigenvalue weighted by Gasteiger charge is 2.20. The van der Waals surface area contributed by atoms with Gasteiger partial charge in [-0.2, -0.15) is 0 Å². The van der Waals surface area contributed by atoms with Crippen LogP contribution in [0.15, 0.2) is 53.1 Å². The Hall–Kier alpha value is -2.27. The number of aromatic nitrogens is 3. The lowest BCUT2D eigenvalue weighted by Gasteiger charge is -2.05. The molecular weight excluding hydrogens is 256 g/mol. The van der Waals surface area contributed by atoms with Gasteiger partial charge in [-0.15, -0.1) is 21.5 Å². The van der Waals surface area contributed by atoms with E-state index in [4.69, 9.17) is 0 Å². The second kappa shape index (κ2) is 4.13. The number of aliphatic imine (C=N–C) groups is 1. The van der Waals surface area contributed by atoms with E-state index in [0.29, 0.717) is 0 Å². The van der Waals surface area contributed by atoms with E-state index in [0.717, 1.165) is 27.7 Å². The minimum Gasteiger partial charge on any atom is -0.274 e. The van der Waals surface area contributed by atoms with Crippen molar-refractivity contribution in [3.8, 4) is 5.00 Å². The van der Waals surface area contributed by atoms with Crippen LogP contribution in [0.25, 0.3) is 5.00 Å². The number of nitrogens with zero attached hydrogens (tertiary/aromatic N) is 4. The first-order chi connectivity index (χ1) is 9.43. The average Bonchev–Trinajstić information content (AvgIpc) is 3.07. The maximum absolute atomic E-state index is 4.60. The zero-order valence-corrected chi connectivity index (χ0v) is 10.7. The molecule has 5 heteroatoms. The third-order valence-corrected chi connectivity index (χ3v) is 3.96. The molecule has 1 radical (unpaired) electrons. The second-order valence-electron chi connectivity index (χ2n) is 4.17. The van der Waals surface area contributed by atoms with Crippen LogP contribution in [0.1, 0.15) is 17.0 Å². The van der Waals surface area contributed by atoms with Gasteiger partial charge in [0.05, 0.1) is 5.71 Å². The SMILES string of the molecule is [CH]1N=C(c2ccccc2)c2ccsc2-n2cnnc21. The van der Waals surface area contributed by atoms with Crippen molar-refractivity contribution in [2.75, 3.05) is 0 Å². The maximum Gasteiger partial charge on any atom is 0.165 e. The van der Waals surface area contributed by atoms with Crippen LogP contribution in [-0.4, -0.2) is 20.5 Å². The van der Waals surface area contributed by atoms with E-state index >= 15 is 0 Å². The van der Waals surface area contributed by atoms with E-state index in [1.165, 1.54) is 0 Å². The van der Waals surface area contributed by atoms with Crippen molar-refractivity contribution in [1.29, 1.82) is 0 Å². The third-order valence-electron chi connectivity index (χ3n) is 3.05. The monoisotopic (exact) mass is 265 g/mol. The molecule has 0 spiro atoms. The number of hydrogen-bond acceptors (Lipinski definition) is 4. The predicted molar refractivity (Wildman–Crippen MR) is 74.7 cm³/mol. The summed E-state index contributed by atoms with van der Waals surface area (Å²) in [5.74, 6) is 0.759. The number of fused-ring (bicyclic) bond motifs is 3. The first-order valence-corrected chi connectivity index (χ1v) is 6.76. The van der Waals surface area contributed by atoms with Crippen LogP contribution >= 0.6 is 11.3 Å². The van der Waals surface area contributed by atoms with Gasteiger partial charge in [0.25, 0.3) is 0 Å². The van der Waals surface area contributed by atoms with Crippen molar-refractivity contribution < 1.29 is 0 Å². The fraction of sp³-hybridized carbons (Fsp3) is 0. The van der Waals surface area contributed by atoms with Gasteiger partial charge in [0.15, 0.2) is 5.82 Å². The summed E-state index contributed by atoms with van der Waals surface area (Å²) in [6, 6.07) is 12.3.